The van der Waals surface area contributed by atoms with Gasteiger partial charge in [-0.3, -0.25) is 9.59 Å². The minimum absolute atomic E-state index is 0.140. The topological polar surface area (TPSA) is 95.5 Å². The second kappa shape index (κ2) is 9.11. The average Bonchev–Trinajstić information content (AvgIpc) is 2.74. The lowest BCUT2D eigenvalue weighted by Crippen LogP contribution is -2.51. The molecule has 0 radical (unpaired) electrons. The summed E-state index contributed by atoms with van der Waals surface area (Å²) >= 11 is 0. The van der Waals surface area contributed by atoms with Crippen LogP contribution in [0.25, 0.3) is 0 Å². The van der Waals surface area contributed by atoms with Crippen LogP contribution in [0.1, 0.15) is 61.4 Å². The number of carboxylic acids is 1. The number of amides is 2. The summed E-state index contributed by atoms with van der Waals surface area (Å²) in [7, 11) is 0. The molecule has 3 rings (SSSR count). The third kappa shape index (κ3) is 5.26. The third-order valence-corrected chi connectivity index (χ3v) is 5.74. The summed E-state index contributed by atoms with van der Waals surface area (Å²) in [5, 5.41) is 14.7. The molecule has 2 aromatic carbocycles. The van der Waals surface area contributed by atoms with E-state index >= 15 is 0 Å². The summed E-state index contributed by atoms with van der Waals surface area (Å²) in [5.74, 6) is -1.15. The zero-order chi connectivity index (χ0) is 21.7. The van der Waals surface area contributed by atoms with Crippen LogP contribution in [0.15, 0.2) is 54.6 Å². The van der Waals surface area contributed by atoms with E-state index in [1.807, 2.05) is 42.5 Å². The molecule has 1 aliphatic carbocycles. The van der Waals surface area contributed by atoms with Gasteiger partial charge in [-0.25, -0.2) is 4.79 Å². The molecule has 0 saturated heterocycles. The Bertz CT molecular complexity index is 899. The predicted molar refractivity (Wildman–Crippen MR) is 115 cm³/mol. The van der Waals surface area contributed by atoms with Crippen molar-refractivity contribution in [2.45, 2.75) is 51.0 Å². The maximum absolute atomic E-state index is 12.4. The Labute approximate surface area is 176 Å². The van der Waals surface area contributed by atoms with Gasteiger partial charge < -0.3 is 15.7 Å². The molecule has 0 unspecified atom stereocenters. The first kappa shape index (κ1) is 21.6. The van der Waals surface area contributed by atoms with Gasteiger partial charge in [0.15, 0.2) is 0 Å². The largest absolute Gasteiger partial charge is 0.480 e. The highest BCUT2D eigenvalue weighted by Crippen LogP contribution is 2.36. The molecular formula is C24H28N2O4. The Hall–Kier alpha value is -3.15. The molecule has 6 nitrogen and oxygen atoms in total. The number of carbonyl (C=O) groups is 3. The third-order valence-electron chi connectivity index (χ3n) is 5.74. The molecule has 1 aliphatic rings. The smallest absolute Gasteiger partial charge is 0.328 e. The van der Waals surface area contributed by atoms with Crippen molar-refractivity contribution < 1.29 is 19.5 Å². The highest BCUT2D eigenvalue weighted by Gasteiger charge is 2.33. The first-order valence-corrected chi connectivity index (χ1v) is 10.3. The standard InChI is InChI=1S/C24H28N2O4/c1-24(2,23(29)30)26-22(28)19-10-8-16(9-11-19)17-12-14-20(15-13-17)25-21(27)18-6-4-3-5-7-18/h3-7,12-16,19H,8-11H2,1-2H3,(H,25,27)(H,26,28)(H,29,30)/t16-,19-. The van der Waals surface area contributed by atoms with Crippen molar-refractivity contribution in [1.82, 2.24) is 5.32 Å². The van der Waals surface area contributed by atoms with Gasteiger partial charge in [0.1, 0.15) is 5.54 Å². The molecule has 0 atom stereocenters. The van der Waals surface area contributed by atoms with Crippen LogP contribution in [0, 0.1) is 5.92 Å². The quantitative estimate of drug-likeness (QED) is 0.668. The number of nitrogens with one attached hydrogen (secondary N) is 2. The van der Waals surface area contributed by atoms with Crippen molar-refractivity contribution in [3.8, 4) is 0 Å². The Morgan fingerprint density at radius 1 is 0.900 bits per heavy atom. The van der Waals surface area contributed by atoms with Crippen molar-refractivity contribution in [2.75, 3.05) is 5.32 Å². The molecule has 0 aromatic heterocycles. The first-order valence-electron chi connectivity index (χ1n) is 10.3. The van der Waals surface area contributed by atoms with E-state index in [9.17, 15) is 19.5 Å². The van der Waals surface area contributed by atoms with Gasteiger partial charge in [0, 0.05) is 17.2 Å². The summed E-state index contributed by atoms with van der Waals surface area (Å²) in [4.78, 5) is 35.9. The van der Waals surface area contributed by atoms with E-state index in [0.29, 0.717) is 11.5 Å². The molecular weight excluding hydrogens is 380 g/mol. The molecule has 2 amide bonds. The predicted octanol–water partition coefficient (Wildman–Crippen LogP) is 4.19. The van der Waals surface area contributed by atoms with Crippen LogP contribution in [0.5, 0.6) is 0 Å². The molecule has 30 heavy (non-hydrogen) atoms. The molecule has 0 aliphatic heterocycles. The van der Waals surface area contributed by atoms with Gasteiger partial charge in [0.05, 0.1) is 0 Å². The van der Waals surface area contributed by atoms with Crippen LogP contribution < -0.4 is 10.6 Å². The number of carboxylic acid groups (broad SMARTS) is 1. The van der Waals surface area contributed by atoms with Crippen molar-refractivity contribution in [1.29, 1.82) is 0 Å². The van der Waals surface area contributed by atoms with Gasteiger partial charge in [-0.2, -0.15) is 0 Å². The molecule has 1 saturated carbocycles. The summed E-state index contributed by atoms with van der Waals surface area (Å²) in [6.07, 6.45) is 3.22. The van der Waals surface area contributed by atoms with Gasteiger partial charge in [-0.05, 0) is 75.3 Å². The highest BCUT2D eigenvalue weighted by atomic mass is 16.4. The van der Waals surface area contributed by atoms with Crippen LogP contribution in [-0.2, 0) is 9.59 Å². The van der Waals surface area contributed by atoms with Crippen molar-refractivity contribution in [2.24, 2.45) is 5.92 Å². The number of carbonyl (C=O) groups excluding carboxylic acids is 2. The fourth-order valence-corrected chi connectivity index (χ4v) is 3.78. The minimum atomic E-state index is -1.26. The summed E-state index contributed by atoms with van der Waals surface area (Å²) in [5.41, 5.74) is 1.30. The zero-order valence-corrected chi connectivity index (χ0v) is 17.4. The molecule has 0 heterocycles. The van der Waals surface area contributed by atoms with E-state index in [1.54, 1.807) is 12.1 Å². The van der Waals surface area contributed by atoms with Crippen LogP contribution >= 0.6 is 0 Å². The number of rotatable bonds is 6. The molecule has 2 aromatic rings. The fourth-order valence-electron chi connectivity index (χ4n) is 3.78. The van der Waals surface area contributed by atoms with E-state index in [0.717, 1.165) is 31.4 Å². The number of anilines is 1. The average molecular weight is 408 g/mol. The Kier molecular flexibility index (Phi) is 6.55. The lowest BCUT2D eigenvalue weighted by Gasteiger charge is -2.30. The van der Waals surface area contributed by atoms with Crippen molar-refractivity contribution >= 4 is 23.5 Å². The fraction of sp³-hybridized carbons (Fsp3) is 0.375. The number of hydrogen-bond donors (Lipinski definition) is 3. The van der Waals surface area contributed by atoms with Gasteiger partial charge in [-0.1, -0.05) is 30.3 Å². The van der Waals surface area contributed by atoms with E-state index in [1.165, 1.54) is 19.4 Å². The lowest BCUT2D eigenvalue weighted by molar-refractivity contribution is -0.146. The molecule has 3 N–H and O–H groups in total. The van der Waals surface area contributed by atoms with Crippen LogP contribution in [0.2, 0.25) is 0 Å². The summed E-state index contributed by atoms with van der Waals surface area (Å²) < 4.78 is 0. The highest BCUT2D eigenvalue weighted by molar-refractivity contribution is 6.04. The molecule has 158 valence electrons. The molecule has 0 spiro atoms. The second-order valence-corrected chi connectivity index (χ2v) is 8.41. The van der Waals surface area contributed by atoms with E-state index in [2.05, 4.69) is 10.6 Å². The molecule has 0 bridgehead atoms. The monoisotopic (exact) mass is 408 g/mol. The maximum Gasteiger partial charge on any atom is 0.328 e. The van der Waals surface area contributed by atoms with Crippen LogP contribution in [0.3, 0.4) is 0 Å². The lowest BCUT2D eigenvalue weighted by atomic mass is 9.78. The van der Waals surface area contributed by atoms with Gasteiger partial charge in [0.2, 0.25) is 5.91 Å². The number of aliphatic carboxylic acids is 1. The van der Waals surface area contributed by atoms with Crippen molar-refractivity contribution in [3.63, 3.8) is 0 Å². The van der Waals surface area contributed by atoms with Crippen LogP contribution in [-0.4, -0.2) is 28.4 Å². The maximum atomic E-state index is 12.4. The SMILES string of the molecule is CC(C)(NC(=O)[C@H]1CC[C@H](c2ccc(NC(=O)c3ccccc3)cc2)CC1)C(=O)O. The first-order chi connectivity index (χ1) is 14.3. The normalized spacial score (nSPS) is 19.0. The Morgan fingerprint density at radius 3 is 2.07 bits per heavy atom. The Balaban J connectivity index is 1.53. The zero-order valence-electron chi connectivity index (χ0n) is 17.4. The molecule has 6 heteroatoms. The van der Waals surface area contributed by atoms with Crippen molar-refractivity contribution in [3.05, 3.63) is 65.7 Å². The van der Waals surface area contributed by atoms with Gasteiger partial charge in [0.25, 0.3) is 5.91 Å². The number of hydrogen-bond acceptors (Lipinski definition) is 3. The number of benzene rings is 2. The summed E-state index contributed by atoms with van der Waals surface area (Å²) in [6.45, 7) is 2.99. The minimum Gasteiger partial charge on any atom is -0.480 e. The van der Waals surface area contributed by atoms with E-state index in [-0.39, 0.29) is 17.7 Å². The summed E-state index contributed by atoms with van der Waals surface area (Å²) in [6, 6.07) is 16.9. The second-order valence-electron chi connectivity index (χ2n) is 8.41. The van der Waals surface area contributed by atoms with Crippen LogP contribution in [0.4, 0.5) is 5.69 Å². The van der Waals surface area contributed by atoms with E-state index in [4.69, 9.17) is 0 Å². The van der Waals surface area contributed by atoms with Gasteiger partial charge >= 0.3 is 5.97 Å². The van der Waals surface area contributed by atoms with Gasteiger partial charge in [-0.15, -0.1) is 0 Å². The Morgan fingerprint density at radius 2 is 1.50 bits per heavy atom. The van der Waals surface area contributed by atoms with E-state index < -0.39 is 11.5 Å². The molecule has 1 fully saturated rings.